The van der Waals surface area contributed by atoms with Gasteiger partial charge in [-0.25, -0.2) is 0 Å². The Hall–Kier alpha value is -5.09. The molecule has 0 bridgehead atoms. The third-order valence-electron chi connectivity index (χ3n) is 7.66. The second-order valence-electron chi connectivity index (χ2n) is 10.1. The summed E-state index contributed by atoms with van der Waals surface area (Å²) in [5, 5.41) is 5.04. The number of rotatable bonds is 3. The number of nitrogens with zero attached hydrogens (tertiary/aromatic N) is 4. The monoisotopic (exact) mass is 729 g/mol. The molecule has 43 heavy (non-hydrogen) atoms. The van der Waals surface area contributed by atoms with E-state index in [9.17, 15) is 0 Å². The third-order valence-corrected chi connectivity index (χ3v) is 7.66. The van der Waals surface area contributed by atoms with Gasteiger partial charge in [0.2, 0.25) is 0 Å². The van der Waals surface area contributed by atoms with Crippen LogP contribution in [0.1, 0.15) is 0 Å². The number of aromatic nitrogens is 4. The number of pyridine rings is 1. The van der Waals surface area contributed by atoms with Crippen molar-refractivity contribution in [1.82, 2.24) is 14.0 Å². The minimum Gasteiger partial charge on any atom is -0.333 e. The van der Waals surface area contributed by atoms with Gasteiger partial charge in [-0.3, -0.25) is 4.57 Å². The van der Waals surface area contributed by atoms with E-state index in [1.54, 1.807) is 6.20 Å². The minimum absolute atomic E-state index is 0. The molecular formula is C38H24IrN4+. The standard InChI is InChI=1S/C27H16N3.C11H8N.Ir/c1-2-8-19(9-3-1)28-16-17-29(18-28)24-14-7-15-25-26(24)22-12-6-11-21-20-10-4-5-13-23(20)30(25)27(21)22;1-2-6-10(7-3-1)11-8-4-5-9-12-11;/h1-13,15-17H;1-6,8-9H;/q2*-1;+3. The summed E-state index contributed by atoms with van der Waals surface area (Å²) in [6.07, 6.45) is 9.33. The second-order valence-corrected chi connectivity index (χ2v) is 10.1. The van der Waals surface area contributed by atoms with Crippen LogP contribution in [0.15, 0.2) is 146 Å². The van der Waals surface area contributed by atoms with Gasteiger partial charge >= 0.3 is 20.1 Å². The average Bonchev–Trinajstić information content (AvgIpc) is 3.79. The van der Waals surface area contributed by atoms with E-state index in [0.29, 0.717) is 0 Å². The smallest absolute Gasteiger partial charge is 0.333 e. The average molecular weight is 729 g/mol. The van der Waals surface area contributed by atoms with Crippen LogP contribution < -0.4 is 4.57 Å². The van der Waals surface area contributed by atoms with Crippen LogP contribution in [0, 0.1) is 18.5 Å². The molecule has 0 aliphatic rings. The van der Waals surface area contributed by atoms with Gasteiger partial charge in [0, 0.05) is 34.9 Å². The van der Waals surface area contributed by atoms with Crippen molar-refractivity contribution in [3.8, 4) is 22.6 Å². The quantitative estimate of drug-likeness (QED) is 0.134. The maximum absolute atomic E-state index is 4.22. The van der Waals surface area contributed by atoms with E-state index in [0.717, 1.165) is 22.6 Å². The van der Waals surface area contributed by atoms with Crippen LogP contribution in [0.4, 0.5) is 0 Å². The van der Waals surface area contributed by atoms with E-state index < -0.39 is 0 Å². The summed E-state index contributed by atoms with van der Waals surface area (Å²) in [4.78, 5) is 4.22. The van der Waals surface area contributed by atoms with Crippen molar-refractivity contribution >= 4 is 38.1 Å². The summed E-state index contributed by atoms with van der Waals surface area (Å²) in [7, 11) is 0. The summed E-state index contributed by atoms with van der Waals surface area (Å²) >= 11 is 0. The van der Waals surface area contributed by atoms with Gasteiger partial charge in [0.1, 0.15) is 0 Å². The zero-order chi connectivity index (χ0) is 27.9. The molecule has 0 fully saturated rings. The summed E-state index contributed by atoms with van der Waals surface area (Å²) < 4.78 is 6.44. The zero-order valence-corrected chi connectivity index (χ0v) is 25.4. The predicted molar refractivity (Wildman–Crippen MR) is 168 cm³/mol. The Balaban J connectivity index is 0.000000195. The first-order chi connectivity index (χ1) is 20.9. The molecule has 0 radical (unpaired) electrons. The third kappa shape index (κ3) is 4.60. The fourth-order valence-electron chi connectivity index (χ4n) is 5.84. The SMILES string of the molecule is [Ir+3].[c-]1ccc2c(c1-n1[c-][n+](-c3ccccc3)cc1)c1cccc3c4ccccc4n2c31.[c-]1ccccc1-c1ccccn1. The topological polar surface area (TPSA) is 26.1 Å². The van der Waals surface area contributed by atoms with Crippen molar-refractivity contribution in [2.45, 2.75) is 0 Å². The molecule has 204 valence electrons. The Kier molecular flexibility index (Phi) is 7.04. The Morgan fingerprint density at radius 3 is 2.26 bits per heavy atom. The Bertz CT molecular complexity index is 2250. The molecule has 4 heterocycles. The van der Waals surface area contributed by atoms with E-state index in [1.807, 2.05) is 88.3 Å². The van der Waals surface area contributed by atoms with Crippen LogP contribution >= 0.6 is 0 Å². The molecule has 4 nitrogen and oxygen atoms in total. The molecule has 0 atom stereocenters. The number of hydrogen-bond donors (Lipinski definition) is 0. The van der Waals surface area contributed by atoms with Gasteiger partial charge in [0.25, 0.3) is 6.33 Å². The van der Waals surface area contributed by atoms with Gasteiger partial charge in [-0.2, -0.15) is 12.1 Å². The first-order valence-corrected chi connectivity index (χ1v) is 13.9. The molecular weight excluding hydrogens is 705 g/mol. The van der Waals surface area contributed by atoms with Crippen LogP contribution in [0.3, 0.4) is 0 Å². The molecule has 4 aromatic heterocycles. The molecule has 0 unspecified atom stereocenters. The van der Waals surface area contributed by atoms with Crippen LogP contribution in [0.25, 0.3) is 60.7 Å². The van der Waals surface area contributed by atoms with E-state index in [2.05, 4.69) is 88.5 Å². The van der Waals surface area contributed by atoms with Gasteiger partial charge in [-0.15, -0.1) is 42.0 Å². The molecule has 9 rings (SSSR count). The molecule has 9 aromatic rings. The molecule has 0 spiro atoms. The Morgan fingerprint density at radius 2 is 1.42 bits per heavy atom. The van der Waals surface area contributed by atoms with Gasteiger partial charge in [-0.1, -0.05) is 83.0 Å². The minimum atomic E-state index is 0. The molecule has 5 heteroatoms. The number of para-hydroxylation sites is 3. The van der Waals surface area contributed by atoms with Crippen molar-refractivity contribution in [3.63, 3.8) is 0 Å². The molecule has 0 aliphatic carbocycles. The number of imidazole rings is 1. The zero-order valence-electron chi connectivity index (χ0n) is 23.0. The summed E-state index contributed by atoms with van der Waals surface area (Å²) in [5.41, 5.74) is 7.83. The maximum atomic E-state index is 4.22. The number of hydrogen-bond acceptors (Lipinski definition) is 1. The number of benzene rings is 5. The van der Waals surface area contributed by atoms with Crippen molar-refractivity contribution in [1.29, 1.82) is 0 Å². The first-order valence-electron chi connectivity index (χ1n) is 13.9. The van der Waals surface area contributed by atoms with Crippen LogP contribution in [0.5, 0.6) is 0 Å². The molecule has 5 aromatic carbocycles. The Morgan fingerprint density at radius 1 is 0.628 bits per heavy atom. The van der Waals surface area contributed by atoms with Gasteiger partial charge < -0.3 is 14.0 Å². The van der Waals surface area contributed by atoms with Gasteiger partial charge in [-0.05, 0) is 35.6 Å². The normalized spacial score (nSPS) is 11.1. The maximum Gasteiger partial charge on any atom is 3.00 e. The van der Waals surface area contributed by atoms with Crippen LogP contribution in [-0.2, 0) is 20.1 Å². The van der Waals surface area contributed by atoms with Crippen molar-refractivity contribution in [2.24, 2.45) is 0 Å². The fourth-order valence-corrected chi connectivity index (χ4v) is 5.84. The van der Waals surface area contributed by atoms with E-state index in [1.165, 1.54) is 38.1 Å². The van der Waals surface area contributed by atoms with Crippen LogP contribution in [0.2, 0.25) is 0 Å². The van der Waals surface area contributed by atoms with Crippen molar-refractivity contribution in [2.75, 3.05) is 0 Å². The molecule has 0 amide bonds. The van der Waals surface area contributed by atoms with Gasteiger partial charge in [0.15, 0.2) is 0 Å². The fraction of sp³-hybridized carbons (Fsp3) is 0. The van der Waals surface area contributed by atoms with E-state index in [4.69, 9.17) is 0 Å². The Labute approximate surface area is 262 Å². The largest absolute Gasteiger partial charge is 3.00 e. The van der Waals surface area contributed by atoms with Crippen molar-refractivity contribution < 1.29 is 24.7 Å². The van der Waals surface area contributed by atoms with E-state index in [-0.39, 0.29) is 20.1 Å². The summed E-state index contributed by atoms with van der Waals surface area (Å²) in [5.74, 6) is 0. The molecule has 0 aliphatic heterocycles. The number of fused-ring (bicyclic) bond motifs is 6. The molecule has 0 saturated heterocycles. The van der Waals surface area contributed by atoms with E-state index >= 15 is 0 Å². The van der Waals surface area contributed by atoms with Crippen molar-refractivity contribution in [3.05, 3.63) is 164 Å². The molecule has 0 saturated carbocycles. The summed E-state index contributed by atoms with van der Waals surface area (Å²) in [6.45, 7) is 0. The molecule has 0 N–H and O–H groups in total. The van der Waals surface area contributed by atoms with Gasteiger partial charge in [0.05, 0.1) is 11.2 Å². The second kappa shape index (κ2) is 11.3. The summed E-state index contributed by atoms with van der Waals surface area (Å²) in [6, 6.07) is 50.0. The van der Waals surface area contributed by atoms with Crippen LogP contribution in [-0.4, -0.2) is 14.0 Å². The predicted octanol–water partition coefficient (Wildman–Crippen LogP) is 8.05. The first kappa shape index (κ1) is 26.8.